The first-order valence-electron chi connectivity index (χ1n) is 5.53. The van der Waals surface area contributed by atoms with Gasteiger partial charge in [0.25, 0.3) is 5.91 Å². The van der Waals surface area contributed by atoms with Crippen molar-refractivity contribution in [1.29, 1.82) is 0 Å². The van der Waals surface area contributed by atoms with Crippen LogP contribution in [0.1, 0.15) is 19.8 Å². The molecule has 90 valence electrons. The molecule has 2 rings (SSSR count). The van der Waals surface area contributed by atoms with E-state index in [1.807, 2.05) is 13.0 Å². The number of nitrogens with zero attached hydrogens (tertiary/aromatic N) is 1. The molecule has 2 aliphatic rings. The zero-order valence-electron chi connectivity index (χ0n) is 9.66. The lowest BCUT2D eigenvalue weighted by atomic mass is 10.0. The second-order valence-electron chi connectivity index (χ2n) is 4.19. The Morgan fingerprint density at radius 1 is 1.41 bits per heavy atom. The maximum atomic E-state index is 11.9. The van der Waals surface area contributed by atoms with Crippen LogP contribution in [0, 0.1) is 0 Å². The van der Waals surface area contributed by atoms with Gasteiger partial charge in [-0.15, -0.1) is 0 Å². The van der Waals surface area contributed by atoms with Crippen molar-refractivity contribution in [3.05, 3.63) is 23.8 Å². The minimum Gasteiger partial charge on any atom is -0.322 e. The number of hydrogen-bond donors (Lipinski definition) is 1. The number of amides is 3. The van der Waals surface area contributed by atoms with Gasteiger partial charge in [-0.25, -0.2) is 0 Å². The summed E-state index contributed by atoms with van der Waals surface area (Å²) in [6.07, 6.45) is 2.49. The van der Waals surface area contributed by atoms with Crippen molar-refractivity contribution in [2.24, 2.45) is 0 Å². The fourth-order valence-electron chi connectivity index (χ4n) is 2.16. The summed E-state index contributed by atoms with van der Waals surface area (Å²) >= 11 is 0. The molecular formula is C12H14N2O3. The van der Waals surface area contributed by atoms with E-state index < -0.39 is 6.04 Å². The summed E-state index contributed by atoms with van der Waals surface area (Å²) in [6, 6.07) is -0.547. The van der Waals surface area contributed by atoms with Crippen LogP contribution in [0.15, 0.2) is 23.8 Å². The molecule has 5 heteroatoms. The summed E-state index contributed by atoms with van der Waals surface area (Å²) in [4.78, 5) is 36.1. The molecule has 2 heterocycles. The molecule has 1 N–H and O–H groups in total. The first kappa shape index (κ1) is 11.6. The normalized spacial score (nSPS) is 27.9. The quantitative estimate of drug-likeness (QED) is 0.518. The van der Waals surface area contributed by atoms with Crippen LogP contribution in [0.5, 0.6) is 0 Å². The van der Waals surface area contributed by atoms with Crippen molar-refractivity contribution in [3.8, 4) is 0 Å². The van der Waals surface area contributed by atoms with Gasteiger partial charge >= 0.3 is 0 Å². The summed E-state index contributed by atoms with van der Waals surface area (Å²) in [6.45, 7) is 5.95. The van der Waals surface area contributed by atoms with Gasteiger partial charge in [0.2, 0.25) is 11.8 Å². The molecule has 0 spiro atoms. The molecule has 2 saturated heterocycles. The maximum Gasteiger partial charge on any atom is 0.254 e. The van der Waals surface area contributed by atoms with Crippen molar-refractivity contribution in [2.45, 2.75) is 25.8 Å². The van der Waals surface area contributed by atoms with Crippen LogP contribution in [0.3, 0.4) is 0 Å². The summed E-state index contributed by atoms with van der Waals surface area (Å²) in [7, 11) is 0. The minimum atomic E-state index is -0.547. The Hall–Kier alpha value is -1.91. The molecule has 3 amide bonds. The van der Waals surface area contributed by atoms with E-state index in [1.54, 1.807) is 0 Å². The second-order valence-corrected chi connectivity index (χ2v) is 4.19. The van der Waals surface area contributed by atoms with Gasteiger partial charge in [0.05, 0.1) is 0 Å². The highest BCUT2D eigenvalue weighted by Crippen LogP contribution is 2.26. The van der Waals surface area contributed by atoms with E-state index in [1.165, 1.54) is 4.90 Å². The second kappa shape index (κ2) is 4.16. The standard InChI is InChI=1S/C12H14N2O3/c1-3-8-6-14(12(17)7(8)2)9-4-5-10(15)13-11(9)16/h3,9H,2,4-6H2,1H3,(H,13,15,16)/b8-3-. The van der Waals surface area contributed by atoms with E-state index in [0.717, 1.165) is 5.57 Å². The Kier molecular flexibility index (Phi) is 2.83. The van der Waals surface area contributed by atoms with E-state index >= 15 is 0 Å². The predicted molar refractivity (Wildman–Crippen MR) is 60.8 cm³/mol. The van der Waals surface area contributed by atoms with Gasteiger partial charge in [-0.3, -0.25) is 19.7 Å². The van der Waals surface area contributed by atoms with E-state index in [-0.39, 0.29) is 24.1 Å². The van der Waals surface area contributed by atoms with Crippen LogP contribution in [0.25, 0.3) is 0 Å². The van der Waals surface area contributed by atoms with Crippen LogP contribution >= 0.6 is 0 Å². The van der Waals surface area contributed by atoms with Crippen LogP contribution < -0.4 is 5.32 Å². The number of likely N-dealkylation sites (tertiary alicyclic amines) is 1. The van der Waals surface area contributed by atoms with Gasteiger partial charge in [0.1, 0.15) is 6.04 Å². The minimum absolute atomic E-state index is 0.215. The number of allylic oxidation sites excluding steroid dienone is 1. The first-order chi connectivity index (χ1) is 8.04. The number of imide groups is 1. The van der Waals surface area contributed by atoms with Gasteiger partial charge in [-0.2, -0.15) is 0 Å². The highest BCUT2D eigenvalue weighted by Gasteiger charge is 2.39. The molecule has 2 fully saturated rings. The van der Waals surface area contributed by atoms with Gasteiger partial charge < -0.3 is 4.90 Å². The molecule has 0 bridgehead atoms. The summed E-state index contributed by atoms with van der Waals surface area (Å²) in [5.74, 6) is -0.879. The zero-order chi connectivity index (χ0) is 12.6. The average molecular weight is 234 g/mol. The van der Waals surface area contributed by atoms with Crippen molar-refractivity contribution < 1.29 is 14.4 Å². The lowest BCUT2D eigenvalue weighted by Gasteiger charge is -2.28. The number of carbonyl (C=O) groups excluding carboxylic acids is 3. The lowest BCUT2D eigenvalue weighted by molar-refractivity contribution is -0.142. The molecule has 1 atom stereocenters. The predicted octanol–water partition coefficient (Wildman–Crippen LogP) is 0.136. The molecule has 0 aliphatic carbocycles. The molecule has 0 radical (unpaired) electrons. The van der Waals surface area contributed by atoms with E-state index in [9.17, 15) is 14.4 Å². The van der Waals surface area contributed by atoms with Crippen molar-refractivity contribution in [3.63, 3.8) is 0 Å². The van der Waals surface area contributed by atoms with Crippen LogP contribution in [0.4, 0.5) is 0 Å². The smallest absolute Gasteiger partial charge is 0.254 e. The number of hydrogen-bond acceptors (Lipinski definition) is 3. The Morgan fingerprint density at radius 3 is 2.65 bits per heavy atom. The van der Waals surface area contributed by atoms with E-state index in [4.69, 9.17) is 0 Å². The Morgan fingerprint density at radius 2 is 2.12 bits per heavy atom. The van der Waals surface area contributed by atoms with Gasteiger partial charge in [-0.1, -0.05) is 12.7 Å². The maximum absolute atomic E-state index is 11.9. The van der Waals surface area contributed by atoms with Crippen LogP contribution in [0.2, 0.25) is 0 Å². The highest BCUT2D eigenvalue weighted by atomic mass is 16.2. The molecule has 1 unspecified atom stereocenters. The SMILES string of the molecule is C=C1C(=O)N(C2CCC(=O)NC2=O)C/C1=C/C. The molecule has 0 aromatic carbocycles. The van der Waals surface area contributed by atoms with Crippen molar-refractivity contribution >= 4 is 17.7 Å². The van der Waals surface area contributed by atoms with Gasteiger partial charge in [-0.05, 0) is 18.9 Å². The molecule has 2 aliphatic heterocycles. The Balaban J connectivity index is 2.19. The average Bonchev–Trinajstić information content (AvgIpc) is 2.57. The third kappa shape index (κ3) is 1.88. The molecule has 0 aromatic rings. The highest BCUT2D eigenvalue weighted by molar-refractivity contribution is 6.06. The summed E-state index contributed by atoms with van der Waals surface area (Å²) in [5.41, 5.74) is 1.29. The Bertz CT molecular complexity index is 451. The van der Waals surface area contributed by atoms with Crippen molar-refractivity contribution in [2.75, 3.05) is 6.54 Å². The van der Waals surface area contributed by atoms with Gasteiger partial charge in [0, 0.05) is 18.5 Å². The largest absolute Gasteiger partial charge is 0.322 e. The summed E-state index contributed by atoms with van der Waals surface area (Å²) in [5, 5.41) is 2.25. The fourth-order valence-corrected chi connectivity index (χ4v) is 2.16. The Labute approximate surface area is 99.2 Å². The third-order valence-electron chi connectivity index (χ3n) is 3.18. The lowest BCUT2D eigenvalue weighted by Crippen LogP contribution is -2.52. The number of piperidine rings is 1. The van der Waals surface area contributed by atoms with Gasteiger partial charge in [0.15, 0.2) is 0 Å². The third-order valence-corrected chi connectivity index (χ3v) is 3.18. The van der Waals surface area contributed by atoms with Crippen LogP contribution in [-0.2, 0) is 14.4 Å². The molecule has 0 aromatic heterocycles. The molecule has 0 saturated carbocycles. The van der Waals surface area contributed by atoms with Crippen LogP contribution in [-0.4, -0.2) is 35.2 Å². The van der Waals surface area contributed by atoms with Crippen molar-refractivity contribution in [1.82, 2.24) is 10.2 Å². The fraction of sp³-hybridized carbons (Fsp3) is 0.417. The first-order valence-corrected chi connectivity index (χ1v) is 5.53. The molecular weight excluding hydrogens is 220 g/mol. The van der Waals surface area contributed by atoms with E-state index in [2.05, 4.69) is 11.9 Å². The number of nitrogens with one attached hydrogen (secondary N) is 1. The number of rotatable bonds is 1. The molecule has 5 nitrogen and oxygen atoms in total. The van der Waals surface area contributed by atoms with E-state index in [0.29, 0.717) is 18.5 Å². The zero-order valence-corrected chi connectivity index (χ0v) is 9.66. The summed E-state index contributed by atoms with van der Waals surface area (Å²) < 4.78 is 0. The topological polar surface area (TPSA) is 66.5 Å². The number of carbonyl (C=O) groups is 3. The molecule has 17 heavy (non-hydrogen) atoms. The monoisotopic (exact) mass is 234 g/mol.